The van der Waals surface area contributed by atoms with Gasteiger partial charge in [-0.25, -0.2) is 0 Å². The van der Waals surface area contributed by atoms with Gasteiger partial charge in [0.2, 0.25) is 0 Å². The van der Waals surface area contributed by atoms with Crippen LogP contribution in [-0.2, 0) is 14.3 Å². The molecule has 0 aliphatic heterocycles. The second kappa shape index (κ2) is 7.33. The van der Waals surface area contributed by atoms with Crippen molar-refractivity contribution >= 4 is 23.5 Å². The molecule has 4 nitrogen and oxygen atoms in total. The van der Waals surface area contributed by atoms with Crippen molar-refractivity contribution in [2.24, 2.45) is 0 Å². The average molecular weight is 294 g/mol. The fourth-order valence-electron chi connectivity index (χ4n) is 2.10. The number of ketones is 1. The zero-order chi connectivity index (χ0) is 14.4. The molecule has 1 fully saturated rings. The van der Waals surface area contributed by atoms with Gasteiger partial charge >= 0.3 is 5.97 Å². The first-order chi connectivity index (χ1) is 9.69. The van der Waals surface area contributed by atoms with Crippen LogP contribution in [0.25, 0.3) is 0 Å². The van der Waals surface area contributed by atoms with E-state index in [0.717, 1.165) is 23.5 Å². The van der Waals surface area contributed by atoms with Crippen molar-refractivity contribution in [3.8, 4) is 5.75 Å². The lowest BCUT2D eigenvalue weighted by Gasteiger charge is -2.20. The average Bonchev–Trinajstić information content (AvgIpc) is 2.48. The van der Waals surface area contributed by atoms with Crippen molar-refractivity contribution in [3.05, 3.63) is 24.3 Å². The molecule has 0 unspecified atom stereocenters. The van der Waals surface area contributed by atoms with E-state index in [1.54, 1.807) is 7.11 Å². The Bertz CT molecular complexity index is 487. The maximum Gasteiger partial charge on any atom is 0.316 e. The number of benzene rings is 1. The van der Waals surface area contributed by atoms with E-state index >= 15 is 0 Å². The van der Waals surface area contributed by atoms with E-state index in [-0.39, 0.29) is 17.5 Å². The lowest BCUT2D eigenvalue weighted by molar-refractivity contribution is -0.154. The Labute approximate surface area is 122 Å². The molecule has 0 amide bonds. The summed E-state index contributed by atoms with van der Waals surface area (Å²) in [6.07, 6.45) is 2.52. The molecule has 0 aromatic heterocycles. The van der Waals surface area contributed by atoms with Gasteiger partial charge in [0.25, 0.3) is 0 Å². The van der Waals surface area contributed by atoms with Crippen LogP contribution in [0, 0.1) is 0 Å². The van der Waals surface area contributed by atoms with Crippen LogP contribution in [0.1, 0.15) is 25.7 Å². The zero-order valence-electron chi connectivity index (χ0n) is 11.5. The van der Waals surface area contributed by atoms with E-state index < -0.39 is 6.10 Å². The fourth-order valence-corrected chi connectivity index (χ4v) is 2.83. The van der Waals surface area contributed by atoms with Crippen LogP contribution in [-0.4, -0.2) is 30.7 Å². The smallest absolute Gasteiger partial charge is 0.316 e. The molecule has 1 aliphatic carbocycles. The van der Waals surface area contributed by atoms with E-state index in [9.17, 15) is 9.59 Å². The minimum atomic E-state index is -0.526. The van der Waals surface area contributed by atoms with E-state index in [1.807, 2.05) is 24.3 Å². The van der Waals surface area contributed by atoms with E-state index in [4.69, 9.17) is 9.47 Å². The van der Waals surface area contributed by atoms with E-state index in [0.29, 0.717) is 12.8 Å². The quantitative estimate of drug-likeness (QED) is 0.617. The van der Waals surface area contributed by atoms with Crippen molar-refractivity contribution in [3.63, 3.8) is 0 Å². The number of rotatable bonds is 5. The number of methoxy groups -OCH3 is 1. The highest BCUT2D eigenvalue weighted by molar-refractivity contribution is 8.00. The number of Topliss-reactive ketones (excluding diaryl/α,β-unsaturated/α-hetero) is 1. The lowest BCUT2D eigenvalue weighted by Crippen LogP contribution is -2.30. The molecular weight excluding hydrogens is 276 g/mol. The first-order valence-corrected chi connectivity index (χ1v) is 7.66. The van der Waals surface area contributed by atoms with Crippen LogP contribution >= 0.6 is 11.8 Å². The van der Waals surface area contributed by atoms with Crippen LogP contribution in [0.15, 0.2) is 29.2 Å². The molecule has 1 aliphatic rings. The Hall–Kier alpha value is -1.49. The maximum absolute atomic E-state index is 11.8. The molecule has 0 radical (unpaired) electrons. The summed E-state index contributed by atoms with van der Waals surface area (Å²) in [4.78, 5) is 24.3. The lowest BCUT2D eigenvalue weighted by atomic mass is 9.96. The van der Waals surface area contributed by atoms with Crippen LogP contribution < -0.4 is 4.74 Å². The van der Waals surface area contributed by atoms with E-state index in [2.05, 4.69) is 0 Å². The third-order valence-corrected chi connectivity index (χ3v) is 4.14. The number of carbonyl (C=O) groups is 2. The van der Waals surface area contributed by atoms with Gasteiger partial charge in [-0.15, -0.1) is 11.8 Å². The molecule has 0 bridgehead atoms. The summed E-state index contributed by atoms with van der Waals surface area (Å²) in [5.74, 6) is 0.677. The van der Waals surface area contributed by atoms with Gasteiger partial charge in [-0.05, 0) is 37.5 Å². The summed E-state index contributed by atoms with van der Waals surface area (Å²) in [7, 11) is 1.60. The summed E-state index contributed by atoms with van der Waals surface area (Å²) >= 11 is 1.38. The monoisotopic (exact) mass is 294 g/mol. The van der Waals surface area contributed by atoms with Gasteiger partial charge in [0, 0.05) is 11.3 Å². The van der Waals surface area contributed by atoms with Crippen LogP contribution in [0.4, 0.5) is 0 Å². The topological polar surface area (TPSA) is 52.6 Å². The molecule has 1 saturated carbocycles. The molecule has 1 aromatic carbocycles. The number of carbonyl (C=O) groups excluding carboxylic acids is 2. The second-order valence-corrected chi connectivity index (χ2v) is 5.71. The van der Waals surface area contributed by atoms with Crippen molar-refractivity contribution in [2.45, 2.75) is 36.7 Å². The normalized spacial score (nSPS) is 18.6. The van der Waals surface area contributed by atoms with Crippen LogP contribution in [0.3, 0.4) is 0 Å². The number of hydrogen-bond acceptors (Lipinski definition) is 5. The fraction of sp³-hybridized carbons (Fsp3) is 0.467. The molecule has 1 atom stereocenters. The molecule has 5 heteroatoms. The van der Waals surface area contributed by atoms with E-state index in [1.165, 1.54) is 11.8 Å². The molecule has 108 valence electrons. The summed E-state index contributed by atoms with van der Waals surface area (Å²) in [5, 5.41) is 0. The molecule has 0 heterocycles. The molecule has 0 spiro atoms. The third-order valence-electron chi connectivity index (χ3n) is 3.17. The number of hydrogen-bond donors (Lipinski definition) is 0. The largest absolute Gasteiger partial charge is 0.497 e. The summed E-state index contributed by atoms with van der Waals surface area (Å²) in [6.45, 7) is 0. The second-order valence-electron chi connectivity index (χ2n) is 4.66. The Morgan fingerprint density at radius 3 is 3.00 bits per heavy atom. The molecule has 0 N–H and O–H groups in total. The summed E-state index contributed by atoms with van der Waals surface area (Å²) in [6, 6.07) is 7.50. The molecule has 1 aromatic rings. The first kappa shape index (κ1) is 14.9. The van der Waals surface area contributed by atoms with Gasteiger partial charge in [0.15, 0.2) is 11.9 Å². The predicted octanol–water partition coefficient (Wildman–Crippen LogP) is 2.84. The zero-order valence-corrected chi connectivity index (χ0v) is 12.3. The highest BCUT2D eigenvalue weighted by Crippen LogP contribution is 2.24. The van der Waals surface area contributed by atoms with Gasteiger partial charge in [-0.2, -0.15) is 0 Å². The van der Waals surface area contributed by atoms with Gasteiger partial charge < -0.3 is 9.47 Å². The van der Waals surface area contributed by atoms with Crippen molar-refractivity contribution < 1.29 is 19.1 Å². The van der Waals surface area contributed by atoms with Crippen molar-refractivity contribution in [1.29, 1.82) is 0 Å². The third kappa shape index (κ3) is 4.27. The minimum absolute atomic E-state index is 0.0518. The van der Waals surface area contributed by atoms with Crippen LogP contribution in [0.5, 0.6) is 5.75 Å². The number of thioether (sulfide) groups is 1. The SMILES string of the molecule is COc1cccc(SCC(=O)O[C@@H]2CCCCC2=O)c1. The van der Waals surface area contributed by atoms with Gasteiger partial charge in [0.05, 0.1) is 12.9 Å². The Morgan fingerprint density at radius 1 is 1.40 bits per heavy atom. The number of ether oxygens (including phenoxy) is 2. The molecule has 2 rings (SSSR count). The highest BCUT2D eigenvalue weighted by atomic mass is 32.2. The molecular formula is C15H18O4S. The first-order valence-electron chi connectivity index (χ1n) is 6.68. The Kier molecular flexibility index (Phi) is 5.47. The van der Waals surface area contributed by atoms with Gasteiger partial charge in [-0.1, -0.05) is 6.07 Å². The van der Waals surface area contributed by atoms with Gasteiger partial charge in [-0.3, -0.25) is 9.59 Å². The van der Waals surface area contributed by atoms with Gasteiger partial charge in [0.1, 0.15) is 5.75 Å². The Morgan fingerprint density at radius 2 is 2.25 bits per heavy atom. The van der Waals surface area contributed by atoms with Crippen molar-refractivity contribution in [1.82, 2.24) is 0 Å². The Balaban J connectivity index is 1.81. The summed E-state index contributed by atoms with van der Waals surface area (Å²) < 4.78 is 10.4. The highest BCUT2D eigenvalue weighted by Gasteiger charge is 2.25. The minimum Gasteiger partial charge on any atom is -0.497 e. The van der Waals surface area contributed by atoms with Crippen molar-refractivity contribution in [2.75, 3.05) is 12.9 Å². The predicted molar refractivity (Wildman–Crippen MR) is 77.1 cm³/mol. The molecule has 0 saturated heterocycles. The maximum atomic E-state index is 11.8. The molecule has 20 heavy (non-hydrogen) atoms. The van der Waals surface area contributed by atoms with Crippen LogP contribution in [0.2, 0.25) is 0 Å². The number of esters is 1. The standard InChI is InChI=1S/C15H18O4S/c1-18-11-5-4-6-12(9-11)20-10-15(17)19-14-8-3-2-7-13(14)16/h4-6,9,14H,2-3,7-8,10H2,1H3/t14-/m1/s1. The summed E-state index contributed by atoms with van der Waals surface area (Å²) in [5.41, 5.74) is 0.